The number of hydrogen-bond acceptors (Lipinski definition) is 3. The Bertz CT molecular complexity index is 767. The first-order chi connectivity index (χ1) is 14.5. The van der Waals surface area contributed by atoms with Gasteiger partial charge < -0.3 is 10.0 Å². The van der Waals surface area contributed by atoms with Crippen LogP contribution in [0.5, 0.6) is 0 Å². The van der Waals surface area contributed by atoms with Crippen molar-refractivity contribution >= 4 is 17.2 Å². The molecule has 1 saturated heterocycles. The van der Waals surface area contributed by atoms with Gasteiger partial charge in [0.1, 0.15) is 0 Å². The van der Waals surface area contributed by atoms with Crippen LogP contribution in [0.4, 0.5) is 8.78 Å². The number of rotatable bonds is 12. The Morgan fingerprint density at radius 1 is 1.07 bits per heavy atom. The molecule has 0 bridgehead atoms. The van der Waals surface area contributed by atoms with Gasteiger partial charge in [-0.2, -0.15) is 8.78 Å². The van der Waals surface area contributed by atoms with E-state index >= 15 is 0 Å². The van der Waals surface area contributed by atoms with Gasteiger partial charge in [0.05, 0.1) is 6.10 Å². The number of nitrogens with zero attached hydrogens (tertiary/aromatic N) is 1. The minimum absolute atomic E-state index is 0.351. The SMILES string of the molecule is O=C1N(CCCc2cccs2)[C@@H](CC[C@@H](O)CCCCc2ccccc2)CC1(F)F. The Hall–Kier alpha value is -1.79. The molecule has 1 aromatic carbocycles. The number of halogens is 2. The predicted molar refractivity (Wildman–Crippen MR) is 117 cm³/mol. The number of amides is 1. The predicted octanol–water partition coefficient (Wildman–Crippen LogP) is 5.47. The summed E-state index contributed by atoms with van der Waals surface area (Å²) in [5, 5.41) is 12.3. The van der Waals surface area contributed by atoms with E-state index in [4.69, 9.17) is 0 Å². The first kappa shape index (κ1) is 22.9. The molecule has 1 aromatic heterocycles. The lowest BCUT2D eigenvalue weighted by Gasteiger charge is -2.25. The number of carbonyl (C=O) groups excluding carboxylic acids is 1. The van der Waals surface area contributed by atoms with Gasteiger partial charge in [-0.1, -0.05) is 42.8 Å². The molecule has 164 valence electrons. The number of aliphatic hydroxyl groups is 1. The van der Waals surface area contributed by atoms with E-state index in [0.717, 1.165) is 25.7 Å². The van der Waals surface area contributed by atoms with Crippen LogP contribution in [0.1, 0.15) is 55.4 Å². The molecule has 1 aliphatic rings. The van der Waals surface area contributed by atoms with Crippen LogP contribution < -0.4 is 0 Å². The summed E-state index contributed by atoms with van der Waals surface area (Å²) in [5.41, 5.74) is 1.29. The zero-order chi connectivity index (χ0) is 21.4. The second kappa shape index (κ2) is 11.0. The average molecular weight is 436 g/mol. The number of likely N-dealkylation sites (tertiary alicyclic amines) is 1. The molecule has 0 radical (unpaired) electrons. The van der Waals surface area contributed by atoms with E-state index in [1.54, 1.807) is 11.3 Å². The maximum absolute atomic E-state index is 14.0. The third kappa shape index (κ3) is 6.61. The lowest BCUT2D eigenvalue weighted by molar-refractivity contribution is -0.148. The minimum Gasteiger partial charge on any atom is -0.393 e. The van der Waals surface area contributed by atoms with Crippen molar-refractivity contribution in [1.82, 2.24) is 4.90 Å². The van der Waals surface area contributed by atoms with Crippen LogP contribution in [-0.4, -0.2) is 40.5 Å². The molecule has 3 rings (SSSR count). The van der Waals surface area contributed by atoms with E-state index in [2.05, 4.69) is 12.1 Å². The van der Waals surface area contributed by atoms with Crippen molar-refractivity contribution in [2.75, 3.05) is 6.54 Å². The van der Waals surface area contributed by atoms with Crippen molar-refractivity contribution in [3.8, 4) is 0 Å². The molecule has 0 unspecified atom stereocenters. The number of benzene rings is 1. The molecule has 2 aromatic rings. The zero-order valence-corrected chi connectivity index (χ0v) is 18.1. The first-order valence-corrected chi connectivity index (χ1v) is 11.8. The second-order valence-electron chi connectivity index (χ2n) is 8.21. The highest BCUT2D eigenvalue weighted by molar-refractivity contribution is 7.09. The van der Waals surface area contributed by atoms with Crippen molar-refractivity contribution in [3.63, 3.8) is 0 Å². The summed E-state index contributed by atoms with van der Waals surface area (Å²) < 4.78 is 28.0. The van der Waals surface area contributed by atoms with Crippen molar-refractivity contribution < 1.29 is 18.7 Å². The number of carbonyl (C=O) groups is 1. The van der Waals surface area contributed by atoms with E-state index in [-0.39, 0.29) is 0 Å². The zero-order valence-electron chi connectivity index (χ0n) is 17.3. The highest BCUT2D eigenvalue weighted by Gasteiger charge is 2.52. The van der Waals surface area contributed by atoms with Crippen LogP contribution >= 0.6 is 11.3 Å². The number of aryl methyl sites for hydroxylation is 2. The Morgan fingerprint density at radius 2 is 1.87 bits per heavy atom. The highest BCUT2D eigenvalue weighted by Crippen LogP contribution is 2.36. The number of alkyl halides is 2. The molecule has 1 aliphatic heterocycles. The fourth-order valence-corrected chi connectivity index (χ4v) is 4.92. The molecule has 6 heteroatoms. The normalized spacial score (nSPS) is 19.4. The average Bonchev–Trinajstić information content (AvgIpc) is 3.32. The fraction of sp³-hybridized carbons (Fsp3) is 0.542. The van der Waals surface area contributed by atoms with Crippen molar-refractivity contribution in [2.24, 2.45) is 0 Å². The Balaban J connectivity index is 1.39. The Kier molecular flexibility index (Phi) is 8.40. The lowest BCUT2D eigenvalue weighted by Crippen LogP contribution is -2.37. The van der Waals surface area contributed by atoms with Gasteiger partial charge in [-0.15, -0.1) is 11.3 Å². The maximum atomic E-state index is 14.0. The summed E-state index contributed by atoms with van der Waals surface area (Å²) in [6.45, 7) is 0.351. The smallest absolute Gasteiger partial charge is 0.326 e. The third-order valence-corrected chi connectivity index (χ3v) is 6.77. The third-order valence-electron chi connectivity index (χ3n) is 5.84. The fourth-order valence-electron chi connectivity index (χ4n) is 4.17. The Morgan fingerprint density at radius 3 is 2.60 bits per heavy atom. The molecule has 2 atom stereocenters. The van der Waals surface area contributed by atoms with Crippen LogP contribution in [0.15, 0.2) is 47.8 Å². The van der Waals surface area contributed by atoms with Gasteiger partial charge >= 0.3 is 5.92 Å². The van der Waals surface area contributed by atoms with Gasteiger partial charge in [0.25, 0.3) is 5.91 Å². The molecule has 0 saturated carbocycles. The van der Waals surface area contributed by atoms with Crippen LogP contribution in [0.2, 0.25) is 0 Å². The summed E-state index contributed by atoms with van der Waals surface area (Å²) in [4.78, 5) is 14.7. The highest BCUT2D eigenvalue weighted by atomic mass is 32.1. The summed E-state index contributed by atoms with van der Waals surface area (Å²) in [6, 6.07) is 13.8. The van der Waals surface area contributed by atoms with Crippen molar-refractivity contribution in [1.29, 1.82) is 0 Å². The lowest BCUT2D eigenvalue weighted by atomic mass is 10.00. The summed E-state index contributed by atoms with van der Waals surface area (Å²) in [6.07, 6.45) is 4.99. The molecular formula is C24H31F2NO2S. The van der Waals surface area contributed by atoms with Crippen molar-refractivity contribution in [2.45, 2.75) is 75.9 Å². The van der Waals surface area contributed by atoms with E-state index in [9.17, 15) is 18.7 Å². The minimum atomic E-state index is -3.27. The number of thiophene rings is 1. The molecule has 0 spiro atoms. The second-order valence-corrected chi connectivity index (χ2v) is 9.24. The molecule has 30 heavy (non-hydrogen) atoms. The maximum Gasteiger partial charge on any atom is 0.326 e. The van der Waals surface area contributed by atoms with Gasteiger partial charge in [0.2, 0.25) is 0 Å². The summed E-state index contributed by atoms with van der Waals surface area (Å²) in [5.74, 6) is -4.31. The van der Waals surface area contributed by atoms with E-state index in [1.807, 2.05) is 35.7 Å². The molecule has 1 N–H and O–H groups in total. The van der Waals surface area contributed by atoms with Gasteiger partial charge in [0.15, 0.2) is 0 Å². The molecule has 0 aliphatic carbocycles. The van der Waals surface area contributed by atoms with Crippen LogP contribution in [0, 0.1) is 0 Å². The molecule has 1 amide bonds. The quantitative estimate of drug-likeness (QED) is 0.449. The van der Waals surface area contributed by atoms with Gasteiger partial charge in [-0.05, 0) is 62.0 Å². The number of unbranched alkanes of at least 4 members (excludes halogenated alkanes) is 1. The van der Waals surface area contributed by atoms with Crippen LogP contribution in [0.3, 0.4) is 0 Å². The van der Waals surface area contributed by atoms with Gasteiger partial charge in [-0.25, -0.2) is 0 Å². The van der Waals surface area contributed by atoms with Crippen LogP contribution in [-0.2, 0) is 17.6 Å². The van der Waals surface area contributed by atoms with Crippen LogP contribution in [0.25, 0.3) is 0 Å². The van der Waals surface area contributed by atoms with E-state index in [0.29, 0.717) is 32.2 Å². The van der Waals surface area contributed by atoms with E-state index < -0.39 is 30.4 Å². The summed E-state index contributed by atoms with van der Waals surface area (Å²) >= 11 is 1.64. The first-order valence-electron chi connectivity index (χ1n) is 10.9. The van der Waals surface area contributed by atoms with Gasteiger partial charge in [0, 0.05) is 23.9 Å². The molecular weight excluding hydrogens is 404 g/mol. The van der Waals surface area contributed by atoms with Crippen molar-refractivity contribution in [3.05, 3.63) is 58.3 Å². The van der Waals surface area contributed by atoms with E-state index in [1.165, 1.54) is 15.3 Å². The largest absolute Gasteiger partial charge is 0.393 e. The molecule has 1 fully saturated rings. The standard InChI is InChI=1S/C24H31F2NO2S/c25-24(26)18-20(27(23(24)29)16-6-12-22-13-7-17-30-22)14-15-21(28)11-5-4-10-19-8-2-1-3-9-19/h1-3,7-9,13,17,20-21,28H,4-6,10-12,14-16,18H2/t20-,21-/m0/s1. The van der Waals surface area contributed by atoms with Gasteiger partial charge in [-0.3, -0.25) is 4.79 Å². The Labute approximate surface area is 181 Å². The molecule has 2 heterocycles. The number of aliphatic hydroxyl groups excluding tert-OH is 1. The molecule has 3 nitrogen and oxygen atoms in total. The topological polar surface area (TPSA) is 40.5 Å². The summed E-state index contributed by atoms with van der Waals surface area (Å²) in [7, 11) is 0. The monoisotopic (exact) mass is 435 g/mol. The number of hydrogen-bond donors (Lipinski definition) is 1.